The van der Waals surface area contributed by atoms with Crippen LogP contribution in [0.4, 0.5) is 17.8 Å². The molecule has 6 aliphatic rings. The molecule has 48 heteroatoms. The second kappa shape index (κ2) is 32.2. The van der Waals surface area contributed by atoms with Gasteiger partial charge in [0.15, 0.2) is 52.2 Å². The van der Waals surface area contributed by atoms with E-state index in [1.807, 2.05) is 0 Å². The number of phosphoric acid groups is 3. The van der Waals surface area contributed by atoms with Gasteiger partial charge in [-0.25, -0.2) is 28.6 Å². The molecule has 0 spiro atoms. The van der Waals surface area contributed by atoms with Crippen molar-refractivity contribution in [1.29, 1.82) is 0 Å². The average Bonchev–Trinajstić information content (AvgIpc) is 1.59. The summed E-state index contributed by atoms with van der Waals surface area (Å²) in [5.74, 6) is 3.82. The summed E-state index contributed by atoms with van der Waals surface area (Å²) in [5, 5.41) is 60.3. The van der Waals surface area contributed by atoms with E-state index < -0.39 is 95.6 Å². The largest absolute Gasteiger partial charge is 0.479 e. The van der Waals surface area contributed by atoms with Crippen molar-refractivity contribution in [3.63, 3.8) is 0 Å². The van der Waals surface area contributed by atoms with E-state index in [1.165, 1.54) is 140 Å². The molecule has 39 nitrogen and oxygen atoms in total. The number of hydrogen-bond acceptors (Lipinski definition) is 42. The van der Waals surface area contributed by atoms with E-state index in [4.69, 9.17) is 102 Å². The maximum absolute atomic E-state index is 12.9. The highest BCUT2D eigenvalue weighted by Gasteiger charge is 2.63. The van der Waals surface area contributed by atoms with Crippen LogP contribution in [0.1, 0.15) is 39.5 Å². The molecular weight excluding hydrogens is 1460 g/mol. The first kappa shape index (κ1) is 75.2. The Morgan fingerprint density at radius 2 is 0.729 bits per heavy atom. The number of ether oxygens (including phenoxy) is 6. The fourth-order valence-corrected chi connectivity index (χ4v) is 20.1. The minimum absolute atomic E-state index is 0.0290. The Morgan fingerprint density at radius 1 is 0.469 bits per heavy atom. The Bertz CT molecular complexity index is 3410. The average molecular weight is 1530 g/mol. The Balaban J connectivity index is 0.000000157. The lowest BCUT2D eigenvalue weighted by atomic mass is 9.96. The Kier molecular flexibility index (Phi) is 25.2. The molecule has 12 heterocycles. The van der Waals surface area contributed by atoms with Gasteiger partial charge in [-0.1, -0.05) is 64.8 Å². The number of anilines is 3. The van der Waals surface area contributed by atoms with E-state index in [0.717, 1.165) is 0 Å². The van der Waals surface area contributed by atoms with Crippen LogP contribution >= 0.6 is 88.2 Å². The molecule has 534 valence electrons. The van der Waals surface area contributed by atoms with Crippen molar-refractivity contribution in [1.82, 2.24) is 58.6 Å². The van der Waals surface area contributed by atoms with Gasteiger partial charge in [-0.2, -0.15) is 29.9 Å². The first-order chi connectivity index (χ1) is 45.9. The van der Waals surface area contributed by atoms with Gasteiger partial charge in [-0.05, 0) is 20.8 Å². The highest BCUT2D eigenvalue weighted by Crippen LogP contribution is 2.62. The number of methoxy groups -OCH3 is 3. The lowest BCUT2D eigenvalue weighted by molar-refractivity contribution is -0.0907. The zero-order valence-electron chi connectivity index (χ0n) is 52.0. The molecule has 12 rings (SSSR count). The van der Waals surface area contributed by atoms with Crippen molar-refractivity contribution >= 4 is 140 Å². The Labute approximate surface area is 570 Å². The molecular formula is C48H72N15O24P3S6. The first-order valence-corrected chi connectivity index (χ1v) is 40.8. The third-order valence-electron chi connectivity index (χ3n) is 14.7. The summed E-state index contributed by atoms with van der Waals surface area (Å²) in [6.07, 6.45) is -3.73. The first-order valence-electron chi connectivity index (χ1n) is 28.9. The van der Waals surface area contributed by atoms with Crippen LogP contribution in [0.2, 0.25) is 0 Å². The van der Waals surface area contributed by atoms with Gasteiger partial charge in [0.1, 0.15) is 53.4 Å². The summed E-state index contributed by atoms with van der Waals surface area (Å²) in [5.41, 5.74) is 14.4. The second-order valence-corrected chi connectivity index (χ2v) is 34.4. The van der Waals surface area contributed by atoms with E-state index in [0.29, 0.717) is 68.0 Å². The lowest BCUT2D eigenvalue weighted by Gasteiger charge is -2.34. The molecule has 96 heavy (non-hydrogen) atoms. The lowest BCUT2D eigenvalue weighted by Crippen LogP contribution is -2.47. The molecule has 1 unspecified atom stereocenters. The maximum atomic E-state index is 12.9. The predicted molar refractivity (Wildman–Crippen MR) is 352 cm³/mol. The van der Waals surface area contributed by atoms with Crippen LogP contribution in [0.5, 0.6) is 17.6 Å². The van der Waals surface area contributed by atoms with Gasteiger partial charge in [0.05, 0.1) is 99.8 Å². The monoisotopic (exact) mass is 1530 g/mol. The van der Waals surface area contributed by atoms with Crippen molar-refractivity contribution in [2.75, 3.05) is 133 Å². The van der Waals surface area contributed by atoms with Crippen molar-refractivity contribution in [2.45, 2.75) is 92.9 Å². The molecule has 6 aliphatic heterocycles. The standard InChI is InChI=1S/3C16H24N5O8PS2/c3*1-16(23)11-9(7-27-30(24,29-11)26-4-6-32-31-5-3-22)28-14(16)21-8-18-10-12(21)19-15(17)20-13(10)25-2/h3*8-9,11,14,22-23H,3-7H2,1-2H3,(H2,17,19,20)/t9-,11-,14-,16-,30?;9-,11-,14-,16-,30+;9-,11-,14-,16-,30-/m111/s1. The smallest absolute Gasteiger partial charge is 0.475 e. The number of aliphatic hydroxyl groups is 6. The van der Waals surface area contributed by atoms with E-state index >= 15 is 0 Å². The van der Waals surface area contributed by atoms with Crippen molar-refractivity contribution in [3.05, 3.63) is 19.0 Å². The molecule has 6 saturated heterocycles. The number of rotatable bonds is 27. The van der Waals surface area contributed by atoms with Crippen LogP contribution in [0.25, 0.3) is 33.5 Å². The number of fused-ring (bicyclic) bond motifs is 6. The topological polar surface area (TPSA) is 520 Å². The fraction of sp³-hybridized carbons (Fsp3) is 0.688. The Hall–Kier alpha value is -3.48. The Morgan fingerprint density at radius 3 is 0.979 bits per heavy atom. The second-order valence-electron chi connectivity index (χ2n) is 21.4. The SMILES string of the molecule is COc1nc(N)nc2c1ncn2[C@@H]1O[C@@H]2COP(=O)(OCCSSCCO)O[C@H]2[C@@]1(C)O.COc1nc(N)nc2c1ncn2[C@@H]1O[C@@H]2CO[P@@](=O)(OCCSSCCO)O[C@H]2[C@@]1(C)O.COc1nc(N)nc2c1ncn2[C@@H]1O[C@@H]2CO[P@](=O)(OCCSSCCO)O[C@H]2[C@@]1(C)O. The van der Waals surface area contributed by atoms with E-state index in [-0.39, 0.29) is 94.9 Å². The van der Waals surface area contributed by atoms with Crippen LogP contribution in [0, 0.1) is 0 Å². The number of aromatic nitrogens is 12. The number of nitrogens with zero attached hydrogens (tertiary/aromatic N) is 12. The zero-order valence-corrected chi connectivity index (χ0v) is 59.5. The quantitative estimate of drug-likeness (QED) is 0.0203. The van der Waals surface area contributed by atoms with Gasteiger partial charge in [0.25, 0.3) is 0 Å². The summed E-state index contributed by atoms with van der Waals surface area (Å²) in [6.45, 7) is 4.86. The van der Waals surface area contributed by atoms with Gasteiger partial charge in [0.2, 0.25) is 35.5 Å². The van der Waals surface area contributed by atoms with Crippen LogP contribution < -0.4 is 31.4 Å². The van der Waals surface area contributed by atoms with E-state index in [2.05, 4.69) is 44.9 Å². The predicted octanol–water partition coefficient (Wildman–Crippen LogP) is 2.94. The summed E-state index contributed by atoms with van der Waals surface area (Å²) in [4.78, 5) is 37.3. The molecule has 0 aromatic carbocycles. The highest BCUT2D eigenvalue weighted by atomic mass is 33.1. The molecule has 6 aromatic heterocycles. The summed E-state index contributed by atoms with van der Waals surface area (Å²) in [7, 11) is 1.46. The zero-order chi connectivity index (χ0) is 68.8. The van der Waals surface area contributed by atoms with Gasteiger partial charge in [-0.3, -0.25) is 54.4 Å². The molecule has 0 saturated carbocycles. The van der Waals surface area contributed by atoms with Crippen LogP contribution in [-0.4, -0.2) is 258 Å². The molecule has 0 bridgehead atoms. The number of nitrogen functional groups attached to an aromatic ring is 3. The number of nitrogens with two attached hydrogens (primary N) is 3. The fourth-order valence-electron chi connectivity index (χ4n) is 10.5. The van der Waals surface area contributed by atoms with Gasteiger partial charge in [0, 0.05) is 34.5 Å². The number of hydrogen-bond donors (Lipinski definition) is 9. The number of aliphatic hydroxyl groups excluding tert-OH is 3. The highest BCUT2D eigenvalue weighted by molar-refractivity contribution is 8.77. The normalized spacial score (nSPS) is 32.3. The van der Waals surface area contributed by atoms with Crippen molar-refractivity contribution in [2.24, 2.45) is 0 Å². The maximum Gasteiger partial charge on any atom is 0.475 e. The van der Waals surface area contributed by atoms with Crippen LogP contribution in [-0.2, 0) is 68.6 Å². The van der Waals surface area contributed by atoms with Crippen LogP contribution in [0.3, 0.4) is 0 Å². The third-order valence-corrected chi connectivity index (χ3v) is 26.0. The van der Waals surface area contributed by atoms with E-state index in [9.17, 15) is 29.0 Å². The summed E-state index contributed by atoms with van der Waals surface area (Å²) >= 11 is 0. The molecule has 0 aliphatic carbocycles. The third kappa shape index (κ3) is 16.5. The molecule has 15 atom stereocenters. The minimum Gasteiger partial charge on any atom is -0.479 e. The van der Waals surface area contributed by atoms with Crippen molar-refractivity contribution in [3.8, 4) is 17.6 Å². The molecule has 6 fully saturated rings. The minimum atomic E-state index is -3.89. The molecule has 0 radical (unpaired) electrons. The van der Waals surface area contributed by atoms with Crippen LogP contribution in [0.15, 0.2) is 19.0 Å². The van der Waals surface area contributed by atoms with Gasteiger partial charge >= 0.3 is 23.5 Å². The van der Waals surface area contributed by atoms with Crippen molar-refractivity contribution < 1.29 is 113 Å². The van der Waals surface area contributed by atoms with E-state index in [1.54, 1.807) is 0 Å². The van der Waals surface area contributed by atoms with Gasteiger partial charge < -0.3 is 76.3 Å². The molecule has 12 N–H and O–H groups in total. The molecule has 0 amide bonds. The van der Waals surface area contributed by atoms with Gasteiger partial charge in [-0.15, -0.1) is 0 Å². The summed E-state index contributed by atoms with van der Waals surface area (Å²) < 4.78 is 126. The number of imidazole rings is 3. The molecule has 6 aromatic rings. The number of phosphoric ester groups is 3. The summed E-state index contributed by atoms with van der Waals surface area (Å²) in [6, 6.07) is 0.